The summed E-state index contributed by atoms with van der Waals surface area (Å²) in [4.78, 5) is 21.3. The lowest BCUT2D eigenvalue weighted by molar-refractivity contribution is -0.140. The molecule has 2 saturated heterocycles. The van der Waals surface area contributed by atoms with Crippen LogP contribution >= 0.6 is 22.9 Å². The Morgan fingerprint density at radius 2 is 2.09 bits per heavy atom. The van der Waals surface area contributed by atoms with Crippen molar-refractivity contribution in [2.24, 2.45) is 5.92 Å². The van der Waals surface area contributed by atoms with Gasteiger partial charge in [-0.25, -0.2) is 4.98 Å². The van der Waals surface area contributed by atoms with E-state index in [2.05, 4.69) is 4.90 Å². The molecular formula is C16H18ClN3O2S. The second kappa shape index (κ2) is 5.92. The predicted octanol–water partition coefficient (Wildman–Crippen LogP) is 2.55. The molecule has 0 saturated carbocycles. The van der Waals surface area contributed by atoms with Crippen LogP contribution in [0.5, 0.6) is 0 Å². The zero-order valence-corrected chi connectivity index (χ0v) is 14.5. The molecule has 0 spiro atoms. The lowest BCUT2D eigenvalue weighted by atomic mass is 9.99. The van der Waals surface area contributed by atoms with Gasteiger partial charge in [0.05, 0.1) is 29.3 Å². The van der Waals surface area contributed by atoms with Gasteiger partial charge in [0, 0.05) is 31.2 Å². The molecule has 3 heterocycles. The van der Waals surface area contributed by atoms with E-state index in [1.807, 2.05) is 24.0 Å². The molecule has 0 aliphatic carbocycles. The highest BCUT2D eigenvalue weighted by Crippen LogP contribution is 2.36. The van der Waals surface area contributed by atoms with Gasteiger partial charge in [0.1, 0.15) is 0 Å². The number of carbonyl (C=O) groups is 1. The number of hydrogen-bond acceptors (Lipinski definition) is 5. The van der Waals surface area contributed by atoms with E-state index in [0.717, 1.165) is 39.0 Å². The number of fused-ring (bicyclic) bond motifs is 1. The van der Waals surface area contributed by atoms with Gasteiger partial charge in [-0.2, -0.15) is 0 Å². The van der Waals surface area contributed by atoms with Gasteiger partial charge in [0.2, 0.25) is 5.91 Å². The third-order valence-electron chi connectivity index (χ3n) is 4.56. The Hall–Kier alpha value is -1.37. The Morgan fingerprint density at radius 3 is 2.83 bits per heavy atom. The molecule has 2 aliphatic heterocycles. The quantitative estimate of drug-likeness (QED) is 0.834. The summed E-state index contributed by atoms with van der Waals surface area (Å²) < 4.78 is 6.45. The maximum atomic E-state index is 12.4. The number of ether oxygens (including phenoxy) is 1. The van der Waals surface area contributed by atoms with Gasteiger partial charge >= 0.3 is 0 Å². The standard InChI is InChI=1S/C16H18ClN3O2S/c1-10-12(17)2-3-13-14(10)18-16(23-13)20-8-11(9-20)15(21)19-4-6-22-7-5-19/h2-3,11H,4-9H2,1H3. The lowest BCUT2D eigenvalue weighted by Crippen LogP contribution is -2.56. The minimum absolute atomic E-state index is 0.0878. The van der Waals surface area contributed by atoms with Crippen LogP contribution in [0.3, 0.4) is 0 Å². The summed E-state index contributed by atoms with van der Waals surface area (Å²) in [7, 11) is 0. The van der Waals surface area contributed by atoms with Crippen molar-refractivity contribution >= 4 is 44.2 Å². The van der Waals surface area contributed by atoms with Gasteiger partial charge in [-0.1, -0.05) is 22.9 Å². The average molecular weight is 352 g/mol. The van der Waals surface area contributed by atoms with Crippen LogP contribution < -0.4 is 4.90 Å². The third-order valence-corrected chi connectivity index (χ3v) is 6.05. The van der Waals surface area contributed by atoms with E-state index in [1.54, 1.807) is 11.3 Å². The fraction of sp³-hybridized carbons (Fsp3) is 0.500. The average Bonchev–Trinajstić information content (AvgIpc) is 2.95. The Bertz CT molecular complexity index is 751. The summed E-state index contributed by atoms with van der Waals surface area (Å²) in [6, 6.07) is 3.93. The van der Waals surface area contributed by atoms with E-state index in [1.165, 1.54) is 0 Å². The van der Waals surface area contributed by atoms with Crippen LogP contribution in [0.15, 0.2) is 12.1 Å². The second-order valence-corrected chi connectivity index (χ2v) is 7.47. The van der Waals surface area contributed by atoms with Crippen molar-refractivity contribution in [1.82, 2.24) is 9.88 Å². The molecule has 2 aromatic rings. The molecule has 7 heteroatoms. The molecule has 4 rings (SSSR count). The SMILES string of the molecule is Cc1c(Cl)ccc2sc(N3CC(C(=O)N4CCOCC4)C3)nc12. The summed E-state index contributed by atoms with van der Waals surface area (Å²) in [6.45, 7) is 6.24. The number of rotatable bonds is 2. The van der Waals surface area contributed by atoms with E-state index in [0.29, 0.717) is 26.3 Å². The highest BCUT2D eigenvalue weighted by molar-refractivity contribution is 7.22. The monoisotopic (exact) mass is 351 g/mol. The van der Waals surface area contributed by atoms with Crippen molar-refractivity contribution < 1.29 is 9.53 Å². The lowest BCUT2D eigenvalue weighted by Gasteiger charge is -2.41. The summed E-state index contributed by atoms with van der Waals surface area (Å²) in [5, 5.41) is 1.73. The van der Waals surface area contributed by atoms with Crippen LogP contribution in [0.4, 0.5) is 5.13 Å². The molecule has 1 aromatic heterocycles. The van der Waals surface area contributed by atoms with E-state index in [9.17, 15) is 4.79 Å². The molecule has 2 aliphatic rings. The minimum atomic E-state index is 0.0878. The highest BCUT2D eigenvalue weighted by Gasteiger charge is 2.37. The fourth-order valence-electron chi connectivity index (χ4n) is 3.06. The number of carbonyl (C=O) groups excluding carboxylic acids is 1. The number of amides is 1. The summed E-state index contributed by atoms with van der Waals surface area (Å²) in [5.41, 5.74) is 1.99. The first-order valence-corrected chi connectivity index (χ1v) is 9.00. The zero-order chi connectivity index (χ0) is 16.0. The van der Waals surface area contributed by atoms with Gasteiger partial charge in [0.25, 0.3) is 0 Å². The molecule has 5 nitrogen and oxygen atoms in total. The molecule has 0 atom stereocenters. The van der Waals surface area contributed by atoms with E-state index in [-0.39, 0.29) is 11.8 Å². The summed E-state index contributed by atoms with van der Waals surface area (Å²) in [6.07, 6.45) is 0. The van der Waals surface area contributed by atoms with E-state index < -0.39 is 0 Å². The number of aryl methyl sites for hydroxylation is 1. The molecule has 23 heavy (non-hydrogen) atoms. The van der Waals surface area contributed by atoms with Crippen molar-refractivity contribution in [3.8, 4) is 0 Å². The third kappa shape index (κ3) is 2.69. The minimum Gasteiger partial charge on any atom is -0.378 e. The maximum absolute atomic E-state index is 12.4. The molecule has 122 valence electrons. The van der Waals surface area contributed by atoms with Gasteiger partial charge in [-0.05, 0) is 24.6 Å². The number of aromatic nitrogens is 1. The Balaban J connectivity index is 1.45. The Labute approximate surface area is 143 Å². The zero-order valence-electron chi connectivity index (χ0n) is 12.9. The van der Waals surface area contributed by atoms with E-state index in [4.69, 9.17) is 21.3 Å². The van der Waals surface area contributed by atoms with Crippen LogP contribution in [0.25, 0.3) is 10.2 Å². The normalized spacial score (nSPS) is 19.2. The number of morpholine rings is 1. The molecule has 0 bridgehead atoms. The van der Waals surface area contributed by atoms with Crippen LogP contribution in [0.2, 0.25) is 5.02 Å². The highest BCUT2D eigenvalue weighted by atomic mass is 35.5. The number of anilines is 1. The predicted molar refractivity (Wildman–Crippen MR) is 92.5 cm³/mol. The molecule has 1 amide bonds. The van der Waals surface area contributed by atoms with Crippen LogP contribution in [0.1, 0.15) is 5.56 Å². The maximum Gasteiger partial charge on any atom is 0.229 e. The Morgan fingerprint density at radius 1 is 1.35 bits per heavy atom. The van der Waals surface area contributed by atoms with Crippen LogP contribution in [-0.2, 0) is 9.53 Å². The van der Waals surface area contributed by atoms with Crippen molar-refractivity contribution in [1.29, 1.82) is 0 Å². The number of hydrogen-bond donors (Lipinski definition) is 0. The topological polar surface area (TPSA) is 45.7 Å². The summed E-state index contributed by atoms with van der Waals surface area (Å²) >= 11 is 7.83. The Kier molecular flexibility index (Phi) is 3.91. The first-order valence-electron chi connectivity index (χ1n) is 7.80. The fourth-order valence-corrected chi connectivity index (χ4v) is 4.25. The largest absolute Gasteiger partial charge is 0.378 e. The van der Waals surface area contributed by atoms with Gasteiger partial charge in [-0.15, -0.1) is 0 Å². The first-order chi connectivity index (χ1) is 11.1. The van der Waals surface area contributed by atoms with Crippen molar-refractivity contribution in [3.63, 3.8) is 0 Å². The van der Waals surface area contributed by atoms with Gasteiger partial charge in [-0.3, -0.25) is 4.79 Å². The van der Waals surface area contributed by atoms with Crippen molar-refractivity contribution in [3.05, 3.63) is 22.7 Å². The first kappa shape index (κ1) is 15.2. The smallest absolute Gasteiger partial charge is 0.229 e. The molecule has 1 aromatic carbocycles. The van der Waals surface area contributed by atoms with Crippen molar-refractivity contribution in [2.45, 2.75) is 6.92 Å². The number of halogens is 1. The molecule has 2 fully saturated rings. The van der Waals surface area contributed by atoms with E-state index >= 15 is 0 Å². The number of benzene rings is 1. The second-order valence-electron chi connectivity index (χ2n) is 6.06. The van der Waals surface area contributed by atoms with Gasteiger partial charge < -0.3 is 14.5 Å². The number of nitrogens with zero attached hydrogens (tertiary/aromatic N) is 3. The van der Waals surface area contributed by atoms with Gasteiger partial charge in [0.15, 0.2) is 5.13 Å². The molecule has 0 unspecified atom stereocenters. The molecule has 0 radical (unpaired) electrons. The van der Waals surface area contributed by atoms with Crippen LogP contribution in [0, 0.1) is 12.8 Å². The molecular weight excluding hydrogens is 334 g/mol. The number of thiazole rings is 1. The van der Waals surface area contributed by atoms with Crippen LogP contribution in [-0.4, -0.2) is 55.2 Å². The summed E-state index contributed by atoms with van der Waals surface area (Å²) in [5.74, 6) is 0.342. The molecule has 0 N–H and O–H groups in total. The van der Waals surface area contributed by atoms with Crippen molar-refractivity contribution in [2.75, 3.05) is 44.3 Å².